The number of phenolic OH excluding ortho intramolecular Hbond substituents is 1. The minimum absolute atomic E-state index is 0.146. The molecule has 12 heteroatoms. The molecule has 4 aliphatic rings. The largest absolute Gasteiger partial charge is 0.508 e. The van der Waals surface area contributed by atoms with Crippen molar-refractivity contribution >= 4 is 64.1 Å². The lowest BCUT2D eigenvalue weighted by Gasteiger charge is -2.51. The Balaban J connectivity index is 1.57. The molecule has 3 fully saturated rings. The molecule has 41 heavy (non-hydrogen) atoms. The number of rotatable bonds is 4. The van der Waals surface area contributed by atoms with Gasteiger partial charge in [0.25, 0.3) is 11.8 Å². The normalized spacial score (nSPS) is 32.5. The maximum absolute atomic E-state index is 14.0. The number of carbonyl (C=O) groups excluding carboxylic acids is 4. The number of phenols is 1. The molecule has 6 unspecified atom stereocenters. The average Bonchev–Trinajstić information content (AvgIpc) is 3.28. The second-order valence-corrected chi connectivity index (χ2v) is 12.4. The number of carbonyl (C=O) groups is 4. The second kappa shape index (κ2) is 9.37. The zero-order valence-electron chi connectivity index (χ0n) is 22.2. The van der Waals surface area contributed by atoms with Crippen LogP contribution in [0.1, 0.15) is 24.3 Å². The van der Waals surface area contributed by atoms with Gasteiger partial charge in [0.2, 0.25) is 11.8 Å². The molecule has 6 rings (SSSR count). The number of amides is 4. The number of likely N-dealkylation sites (tertiary alicyclic amines) is 1. The summed E-state index contributed by atoms with van der Waals surface area (Å²) in [5.74, 6) is -5.45. The van der Waals surface area contributed by atoms with Crippen LogP contribution in [0.4, 0.5) is 5.69 Å². The van der Waals surface area contributed by atoms with E-state index in [4.69, 9.17) is 44.3 Å². The monoisotopic (exact) mass is 618 g/mol. The third-order valence-electron chi connectivity index (χ3n) is 8.92. The number of allylic oxidation sites excluding steroid dienone is 2. The lowest BCUT2D eigenvalue weighted by atomic mass is 9.56. The van der Waals surface area contributed by atoms with Gasteiger partial charge in [0.1, 0.15) is 17.2 Å². The van der Waals surface area contributed by atoms with Crippen LogP contribution >= 0.6 is 34.8 Å². The van der Waals surface area contributed by atoms with Crippen LogP contribution in [0, 0.1) is 17.8 Å². The van der Waals surface area contributed by atoms with Crippen LogP contribution in [-0.2, 0) is 19.2 Å². The Bertz CT molecular complexity index is 1530. The fraction of sp³-hybridized carbons (Fsp3) is 0.379. The Morgan fingerprint density at radius 1 is 0.927 bits per heavy atom. The van der Waals surface area contributed by atoms with Gasteiger partial charge in [-0.3, -0.25) is 29.0 Å². The van der Waals surface area contributed by atoms with Gasteiger partial charge in [-0.15, -0.1) is 23.2 Å². The van der Waals surface area contributed by atoms with Crippen LogP contribution in [0.2, 0.25) is 5.02 Å². The van der Waals surface area contributed by atoms with Crippen molar-refractivity contribution in [1.29, 1.82) is 0 Å². The van der Waals surface area contributed by atoms with E-state index in [2.05, 4.69) is 0 Å². The molecular formula is C29H25Cl3N2O7. The average molecular weight is 620 g/mol. The molecule has 4 amide bonds. The summed E-state index contributed by atoms with van der Waals surface area (Å²) in [7, 11) is 4.08. The zero-order chi connectivity index (χ0) is 29.6. The quantitative estimate of drug-likeness (QED) is 0.309. The van der Waals surface area contributed by atoms with Crippen LogP contribution in [0.15, 0.2) is 48.0 Å². The fourth-order valence-corrected chi connectivity index (χ4v) is 8.24. The molecule has 0 radical (unpaired) electrons. The van der Waals surface area contributed by atoms with Gasteiger partial charge >= 0.3 is 0 Å². The number of alkyl halides is 2. The second-order valence-electron chi connectivity index (χ2n) is 10.8. The van der Waals surface area contributed by atoms with E-state index < -0.39 is 51.1 Å². The van der Waals surface area contributed by atoms with Gasteiger partial charge in [-0.05, 0) is 43.0 Å². The van der Waals surface area contributed by atoms with Gasteiger partial charge in [-0.25, -0.2) is 0 Å². The lowest BCUT2D eigenvalue weighted by Crippen LogP contribution is -2.60. The number of ether oxygens (including phenoxy) is 2. The SMILES string of the molecule is COc1cc(O)cc(OC)c1C1C2=CCC3C(=O)N(c4ccc(Cl)cc4)C(=O)C3C2CC2(Cl)C(=O)N(C)C(=O)C12Cl. The van der Waals surface area contributed by atoms with Crippen LogP contribution < -0.4 is 14.4 Å². The van der Waals surface area contributed by atoms with Crippen molar-refractivity contribution in [3.05, 3.63) is 58.6 Å². The van der Waals surface area contributed by atoms with Crippen molar-refractivity contribution in [2.24, 2.45) is 17.8 Å². The summed E-state index contributed by atoms with van der Waals surface area (Å²) in [5.41, 5.74) is 1.26. The van der Waals surface area contributed by atoms with E-state index in [1.165, 1.54) is 33.4 Å². The highest BCUT2D eigenvalue weighted by atomic mass is 35.5. The van der Waals surface area contributed by atoms with Crippen molar-refractivity contribution in [2.75, 3.05) is 26.2 Å². The summed E-state index contributed by atoms with van der Waals surface area (Å²) in [4.78, 5) is 53.2. The third-order valence-corrected chi connectivity index (χ3v) is 10.6. The Morgan fingerprint density at radius 2 is 1.54 bits per heavy atom. The van der Waals surface area contributed by atoms with E-state index in [0.717, 1.165) is 9.80 Å². The summed E-state index contributed by atoms with van der Waals surface area (Å²) in [6, 6.07) is 9.08. The van der Waals surface area contributed by atoms with E-state index >= 15 is 0 Å². The molecule has 6 atom stereocenters. The minimum Gasteiger partial charge on any atom is -0.508 e. The van der Waals surface area contributed by atoms with E-state index in [0.29, 0.717) is 21.8 Å². The molecule has 2 aliphatic heterocycles. The van der Waals surface area contributed by atoms with Gasteiger partial charge in [-0.1, -0.05) is 23.3 Å². The number of halogens is 3. The molecule has 2 aromatic carbocycles. The Hall–Kier alpha value is -3.27. The fourth-order valence-electron chi connectivity index (χ4n) is 7.12. The highest BCUT2D eigenvalue weighted by molar-refractivity contribution is 6.53. The molecule has 2 aliphatic carbocycles. The number of aromatic hydroxyl groups is 1. The van der Waals surface area contributed by atoms with Crippen molar-refractivity contribution in [1.82, 2.24) is 4.90 Å². The zero-order valence-corrected chi connectivity index (χ0v) is 24.5. The van der Waals surface area contributed by atoms with Gasteiger partial charge in [0.15, 0.2) is 9.75 Å². The number of methoxy groups -OCH3 is 2. The van der Waals surface area contributed by atoms with Crippen LogP contribution in [-0.4, -0.2) is 64.7 Å². The maximum Gasteiger partial charge on any atom is 0.253 e. The van der Waals surface area contributed by atoms with Crippen molar-refractivity contribution in [2.45, 2.75) is 28.5 Å². The summed E-state index contributed by atoms with van der Waals surface area (Å²) in [6.07, 6.45) is 1.87. The Labute approximate surface area is 250 Å². The van der Waals surface area contributed by atoms with E-state index in [1.54, 1.807) is 24.3 Å². The molecule has 9 nitrogen and oxygen atoms in total. The topological polar surface area (TPSA) is 113 Å². The number of nitrogens with zero attached hydrogens (tertiary/aromatic N) is 2. The van der Waals surface area contributed by atoms with Gasteiger partial charge < -0.3 is 14.6 Å². The van der Waals surface area contributed by atoms with Crippen molar-refractivity contribution in [3.8, 4) is 17.2 Å². The first-order valence-corrected chi connectivity index (χ1v) is 14.0. The maximum atomic E-state index is 14.0. The van der Waals surface area contributed by atoms with E-state index in [9.17, 15) is 24.3 Å². The van der Waals surface area contributed by atoms with E-state index in [-0.39, 0.29) is 36.0 Å². The predicted octanol–water partition coefficient (Wildman–Crippen LogP) is 4.26. The Kier molecular flexibility index (Phi) is 6.37. The molecule has 214 valence electrons. The number of anilines is 1. The van der Waals surface area contributed by atoms with Crippen molar-refractivity contribution in [3.63, 3.8) is 0 Å². The molecule has 2 heterocycles. The van der Waals surface area contributed by atoms with Gasteiger partial charge in [-0.2, -0.15) is 0 Å². The molecular weight excluding hydrogens is 595 g/mol. The molecule has 1 saturated carbocycles. The van der Waals surface area contributed by atoms with Crippen molar-refractivity contribution < 1.29 is 33.8 Å². The van der Waals surface area contributed by atoms with Crippen LogP contribution in [0.5, 0.6) is 17.2 Å². The van der Waals surface area contributed by atoms with Crippen LogP contribution in [0.3, 0.4) is 0 Å². The number of hydrogen-bond donors (Lipinski definition) is 1. The standard InChI is InChI=1S/C29H25Cl3N2O7/c1-33-26(38)28(31)12-18-16(8-9-17-21(18)25(37)34(24(17)36)14-6-4-13(30)5-7-14)23(29(28,32)27(33)39)22-19(40-2)10-15(35)11-20(22)41-3/h4-8,10-11,17-18,21,23,35H,9,12H2,1-3H3. The molecule has 2 saturated heterocycles. The summed E-state index contributed by atoms with van der Waals surface area (Å²) >= 11 is 20.5. The molecule has 0 aromatic heterocycles. The lowest BCUT2D eigenvalue weighted by molar-refractivity contribution is -0.138. The molecule has 1 N–H and O–H groups in total. The number of benzene rings is 2. The molecule has 2 aromatic rings. The first kappa shape index (κ1) is 27.9. The summed E-state index contributed by atoms with van der Waals surface area (Å²) in [6.45, 7) is 0. The Morgan fingerprint density at radius 3 is 2.12 bits per heavy atom. The molecule has 0 bridgehead atoms. The van der Waals surface area contributed by atoms with E-state index in [1.807, 2.05) is 6.08 Å². The number of imide groups is 2. The first-order valence-electron chi connectivity index (χ1n) is 12.9. The van der Waals surface area contributed by atoms with Gasteiger partial charge in [0, 0.05) is 35.7 Å². The predicted molar refractivity (Wildman–Crippen MR) is 151 cm³/mol. The first-order chi connectivity index (χ1) is 19.4. The van der Waals surface area contributed by atoms with Crippen LogP contribution in [0.25, 0.3) is 0 Å². The minimum atomic E-state index is -2.02. The highest BCUT2D eigenvalue weighted by Gasteiger charge is 2.76. The number of fused-ring (bicyclic) bond motifs is 4. The van der Waals surface area contributed by atoms with Gasteiger partial charge in [0.05, 0.1) is 31.7 Å². The highest BCUT2D eigenvalue weighted by Crippen LogP contribution is 2.67. The number of hydrogen-bond acceptors (Lipinski definition) is 7. The smallest absolute Gasteiger partial charge is 0.253 e. The summed E-state index contributed by atoms with van der Waals surface area (Å²) < 4.78 is 11.2. The molecule has 0 spiro atoms. The third kappa shape index (κ3) is 3.55. The summed E-state index contributed by atoms with van der Waals surface area (Å²) in [5, 5.41) is 10.8.